The number of rotatable bonds is 0. The molecule has 2 atom stereocenters. The van der Waals surface area contributed by atoms with E-state index in [4.69, 9.17) is 14.2 Å². The fraction of sp³-hybridized carbons (Fsp3) is 1.00. The van der Waals surface area contributed by atoms with Crippen LogP contribution >= 0.6 is 0 Å². The van der Waals surface area contributed by atoms with Crippen LogP contribution in [-0.4, -0.2) is 39.1 Å². The first-order valence-corrected chi connectivity index (χ1v) is 3.74. The zero-order valence-electron chi connectivity index (χ0n) is 5.91. The summed E-state index contributed by atoms with van der Waals surface area (Å²) < 4.78 is 15.8. The number of ether oxygens (including phenoxy) is 3. The van der Waals surface area contributed by atoms with E-state index in [0.29, 0.717) is 18.6 Å². The Morgan fingerprint density at radius 2 is 1.70 bits per heavy atom. The molecule has 0 spiro atoms. The van der Waals surface area contributed by atoms with Gasteiger partial charge in [-0.3, -0.25) is 0 Å². The first-order chi connectivity index (χ1) is 4.97. The largest absolute Gasteiger partial charge is 0.379 e. The summed E-state index contributed by atoms with van der Waals surface area (Å²) in [6, 6.07) is 0. The van der Waals surface area contributed by atoms with E-state index in [-0.39, 0.29) is 0 Å². The third-order valence-corrected chi connectivity index (χ3v) is 2.04. The molecule has 3 nitrogen and oxygen atoms in total. The minimum Gasteiger partial charge on any atom is -0.379 e. The Hall–Kier alpha value is -0.120. The van der Waals surface area contributed by atoms with Gasteiger partial charge in [0.1, 0.15) is 0 Å². The van der Waals surface area contributed by atoms with E-state index in [1.807, 2.05) is 0 Å². The molecule has 0 bridgehead atoms. The van der Waals surface area contributed by atoms with E-state index in [1.54, 1.807) is 0 Å². The van der Waals surface area contributed by atoms with Crippen molar-refractivity contribution in [2.24, 2.45) is 5.92 Å². The third-order valence-electron chi connectivity index (χ3n) is 2.04. The summed E-state index contributed by atoms with van der Waals surface area (Å²) >= 11 is 0. The Morgan fingerprint density at radius 3 is 2.40 bits per heavy atom. The van der Waals surface area contributed by atoms with Crippen molar-refractivity contribution < 1.29 is 14.2 Å². The Bertz CT molecular complexity index is 101. The van der Waals surface area contributed by atoms with Crippen molar-refractivity contribution >= 4 is 0 Å². The average Bonchev–Trinajstić information content (AvgIpc) is 1.89. The molecule has 0 N–H and O–H groups in total. The lowest BCUT2D eigenvalue weighted by atomic mass is 10.00. The molecule has 3 heteroatoms. The lowest BCUT2D eigenvalue weighted by Crippen LogP contribution is -2.47. The zero-order valence-corrected chi connectivity index (χ0v) is 5.91. The summed E-state index contributed by atoms with van der Waals surface area (Å²) in [5.41, 5.74) is 0. The molecule has 0 aromatic heterocycles. The Balaban J connectivity index is 1.83. The van der Waals surface area contributed by atoms with Crippen LogP contribution in [0.5, 0.6) is 0 Å². The highest BCUT2D eigenvalue weighted by atomic mass is 16.6. The summed E-state index contributed by atoms with van der Waals surface area (Å²) in [6.07, 6.45) is 0.320. The minimum absolute atomic E-state index is 0.320. The highest BCUT2D eigenvalue weighted by molar-refractivity contribution is 4.78. The van der Waals surface area contributed by atoms with Crippen molar-refractivity contribution in [3.63, 3.8) is 0 Å². The quantitative estimate of drug-likeness (QED) is 0.480. The Morgan fingerprint density at radius 1 is 0.900 bits per heavy atom. The van der Waals surface area contributed by atoms with Gasteiger partial charge in [0.2, 0.25) is 0 Å². The van der Waals surface area contributed by atoms with Gasteiger partial charge in [-0.25, -0.2) is 0 Å². The van der Waals surface area contributed by atoms with Gasteiger partial charge < -0.3 is 14.2 Å². The molecule has 2 rings (SSSR count). The van der Waals surface area contributed by atoms with Crippen LogP contribution in [0.3, 0.4) is 0 Å². The van der Waals surface area contributed by atoms with Crippen LogP contribution in [0.2, 0.25) is 0 Å². The van der Waals surface area contributed by atoms with E-state index in [2.05, 4.69) is 0 Å². The third kappa shape index (κ3) is 1.17. The summed E-state index contributed by atoms with van der Waals surface area (Å²) in [6.45, 7) is 3.92. The molecule has 0 aromatic carbocycles. The molecule has 2 aliphatic rings. The van der Waals surface area contributed by atoms with Crippen molar-refractivity contribution in [2.45, 2.75) is 6.10 Å². The van der Waals surface area contributed by atoms with Crippen LogP contribution in [0.4, 0.5) is 0 Å². The van der Waals surface area contributed by atoms with Gasteiger partial charge in [-0.2, -0.15) is 0 Å². The molecule has 2 fully saturated rings. The van der Waals surface area contributed by atoms with Crippen molar-refractivity contribution in [3.05, 3.63) is 0 Å². The van der Waals surface area contributed by atoms with Gasteiger partial charge in [0.05, 0.1) is 39.1 Å². The molecular weight excluding hydrogens is 132 g/mol. The van der Waals surface area contributed by atoms with Gasteiger partial charge in [-0.1, -0.05) is 0 Å². The van der Waals surface area contributed by atoms with Gasteiger partial charge in [-0.05, 0) is 0 Å². The van der Waals surface area contributed by atoms with Crippen LogP contribution < -0.4 is 0 Å². The predicted octanol–water partition coefficient (Wildman–Crippen LogP) is 0.0482. The van der Waals surface area contributed by atoms with Gasteiger partial charge in [0.15, 0.2) is 0 Å². The Labute approximate surface area is 60.3 Å². The molecule has 0 amide bonds. The van der Waals surface area contributed by atoms with E-state index in [1.165, 1.54) is 0 Å². The van der Waals surface area contributed by atoms with Gasteiger partial charge in [0.25, 0.3) is 0 Å². The van der Waals surface area contributed by atoms with Crippen LogP contribution in [0.1, 0.15) is 0 Å². The summed E-state index contributed by atoms with van der Waals surface area (Å²) in [5, 5.41) is 0. The second-order valence-corrected chi connectivity index (χ2v) is 2.78. The van der Waals surface area contributed by atoms with Crippen molar-refractivity contribution in [2.75, 3.05) is 33.0 Å². The molecular formula is C7H12O3. The van der Waals surface area contributed by atoms with Gasteiger partial charge in [-0.15, -0.1) is 0 Å². The normalized spacial score (nSPS) is 40.8. The first kappa shape index (κ1) is 6.58. The standard InChI is InChI=1S/C7H12O3/c1-2-9-5-7-6(3-8-1)4-10-7/h6-7H,1-5H2. The predicted molar refractivity (Wildman–Crippen MR) is 34.9 cm³/mol. The molecule has 2 aliphatic heterocycles. The highest BCUT2D eigenvalue weighted by Crippen LogP contribution is 2.21. The van der Waals surface area contributed by atoms with Crippen LogP contribution in [0.25, 0.3) is 0 Å². The lowest BCUT2D eigenvalue weighted by molar-refractivity contribution is -0.183. The van der Waals surface area contributed by atoms with Crippen molar-refractivity contribution in [1.82, 2.24) is 0 Å². The maximum absolute atomic E-state index is 5.30. The fourth-order valence-corrected chi connectivity index (χ4v) is 1.26. The van der Waals surface area contributed by atoms with Crippen LogP contribution in [-0.2, 0) is 14.2 Å². The molecule has 58 valence electrons. The van der Waals surface area contributed by atoms with Crippen LogP contribution in [0.15, 0.2) is 0 Å². The molecule has 2 saturated heterocycles. The zero-order chi connectivity index (χ0) is 6.81. The number of hydrogen-bond acceptors (Lipinski definition) is 3. The molecule has 0 radical (unpaired) electrons. The van der Waals surface area contributed by atoms with Crippen molar-refractivity contribution in [1.29, 1.82) is 0 Å². The molecule has 10 heavy (non-hydrogen) atoms. The van der Waals surface area contributed by atoms with Crippen LogP contribution in [0, 0.1) is 5.92 Å². The van der Waals surface area contributed by atoms with E-state index >= 15 is 0 Å². The maximum atomic E-state index is 5.30. The van der Waals surface area contributed by atoms with E-state index < -0.39 is 0 Å². The first-order valence-electron chi connectivity index (χ1n) is 3.74. The van der Waals surface area contributed by atoms with Gasteiger partial charge in [0, 0.05) is 5.92 Å². The monoisotopic (exact) mass is 144 g/mol. The SMILES string of the molecule is C1COCC2OCC2CO1. The summed E-state index contributed by atoms with van der Waals surface area (Å²) in [4.78, 5) is 0. The second-order valence-electron chi connectivity index (χ2n) is 2.78. The molecule has 0 aromatic rings. The second kappa shape index (κ2) is 2.86. The fourth-order valence-electron chi connectivity index (χ4n) is 1.26. The molecule has 0 saturated carbocycles. The maximum Gasteiger partial charge on any atom is 0.0880 e. The molecule has 0 aliphatic carbocycles. The number of hydrogen-bond donors (Lipinski definition) is 0. The summed E-state index contributed by atoms with van der Waals surface area (Å²) in [7, 11) is 0. The minimum atomic E-state index is 0.320. The highest BCUT2D eigenvalue weighted by Gasteiger charge is 2.33. The van der Waals surface area contributed by atoms with E-state index in [9.17, 15) is 0 Å². The average molecular weight is 144 g/mol. The number of fused-ring (bicyclic) bond motifs is 1. The molecule has 2 heterocycles. The van der Waals surface area contributed by atoms with Gasteiger partial charge >= 0.3 is 0 Å². The van der Waals surface area contributed by atoms with E-state index in [0.717, 1.165) is 26.4 Å². The molecule has 2 unspecified atom stereocenters. The topological polar surface area (TPSA) is 27.7 Å². The smallest absolute Gasteiger partial charge is 0.0880 e. The summed E-state index contributed by atoms with van der Waals surface area (Å²) in [5.74, 6) is 0.597. The van der Waals surface area contributed by atoms with Crippen molar-refractivity contribution in [3.8, 4) is 0 Å². The lowest BCUT2D eigenvalue weighted by Gasteiger charge is -2.37. The Kier molecular flexibility index (Phi) is 1.88.